The SMILES string of the molecule is NC[C@H]1CC[C@@H](C(=O)NCc2ccn3ccnc3c2)O1. The average Bonchev–Trinajstić information content (AvgIpc) is 3.12. The highest BCUT2D eigenvalue weighted by atomic mass is 16.5. The molecule has 0 bridgehead atoms. The number of fused-ring (bicyclic) bond motifs is 1. The lowest BCUT2D eigenvalue weighted by atomic mass is 10.2. The van der Waals surface area contributed by atoms with E-state index in [0.29, 0.717) is 13.1 Å². The van der Waals surface area contributed by atoms with Crippen molar-refractivity contribution in [2.24, 2.45) is 5.73 Å². The molecule has 1 amide bonds. The number of aromatic nitrogens is 2. The molecule has 3 rings (SSSR count). The number of nitrogens with one attached hydrogen (secondary N) is 1. The van der Waals surface area contributed by atoms with Gasteiger partial charge in [-0.3, -0.25) is 4.79 Å². The molecule has 0 unspecified atom stereocenters. The molecule has 0 saturated carbocycles. The summed E-state index contributed by atoms with van der Waals surface area (Å²) >= 11 is 0. The van der Waals surface area contributed by atoms with Crippen LogP contribution in [0.3, 0.4) is 0 Å². The van der Waals surface area contributed by atoms with Crippen LogP contribution in [0, 0.1) is 0 Å². The molecular weight excluding hydrogens is 256 g/mol. The van der Waals surface area contributed by atoms with Crippen molar-refractivity contribution in [2.75, 3.05) is 6.54 Å². The van der Waals surface area contributed by atoms with Gasteiger partial charge in [0.1, 0.15) is 11.8 Å². The van der Waals surface area contributed by atoms with Crippen molar-refractivity contribution >= 4 is 11.6 Å². The van der Waals surface area contributed by atoms with Crippen molar-refractivity contribution in [2.45, 2.75) is 31.6 Å². The van der Waals surface area contributed by atoms with Crippen molar-refractivity contribution in [1.29, 1.82) is 0 Å². The fraction of sp³-hybridized carbons (Fsp3) is 0.429. The van der Waals surface area contributed by atoms with E-state index < -0.39 is 0 Å². The van der Waals surface area contributed by atoms with Crippen LogP contribution in [0.4, 0.5) is 0 Å². The van der Waals surface area contributed by atoms with Gasteiger partial charge < -0.3 is 20.2 Å². The molecule has 0 spiro atoms. The number of hydrogen-bond acceptors (Lipinski definition) is 4. The Hall–Kier alpha value is -1.92. The van der Waals surface area contributed by atoms with Crippen molar-refractivity contribution in [3.8, 4) is 0 Å². The highest BCUT2D eigenvalue weighted by Gasteiger charge is 2.29. The molecule has 1 aliphatic rings. The van der Waals surface area contributed by atoms with Gasteiger partial charge >= 0.3 is 0 Å². The highest BCUT2D eigenvalue weighted by Crippen LogP contribution is 2.19. The molecule has 6 heteroatoms. The van der Waals surface area contributed by atoms with Crippen LogP contribution >= 0.6 is 0 Å². The lowest BCUT2D eigenvalue weighted by Crippen LogP contribution is -2.35. The van der Waals surface area contributed by atoms with Crippen LogP contribution in [-0.2, 0) is 16.1 Å². The minimum atomic E-state index is -0.362. The molecule has 0 radical (unpaired) electrons. The van der Waals surface area contributed by atoms with Gasteiger partial charge in [-0.05, 0) is 30.5 Å². The molecule has 1 fully saturated rings. The Morgan fingerprint density at radius 3 is 3.20 bits per heavy atom. The zero-order valence-corrected chi connectivity index (χ0v) is 11.2. The first-order chi connectivity index (χ1) is 9.76. The third-order valence-corrected chi connectivity index (χ3v) is 3.59. The summed E-state index contributed by atoms with van der Waals surface area (Å²) in [6.45, 7) is 0.954. The third kappa shape index (κ3) is 2.66. The fourth-order valence-corrected chi connectivity index (χ4v) is 2.44. The Morgan fingerprint density at radius 2 is 2.40 bits per heavy atom. The summed E-state index contributed by atoms with van der Waals surface area (Å²) in [6, 6.07) is 3.92. The standard InChI is InChI=1S/C14H18N4O2/c15-8-11-1-2-12(20-11)14(19)17-9-10-3-5-18-6-4-16-13(18)7-10/h3-7,11-12H,1-2,8-9,15H2,(H,17,19)/t11-,12+/m1/s1. The van der Waals surface area contributed by atoms with Crippen molar-refractivity contribution in [1.82, 2.24) is 14.7 Å². The second-order valence-electron chi connectivity index (χ2n) is 5.01. The Morgan fingerprint density at radius 1 is 1.50 bits per heavy atom. The second-order valence-corrected chi connectivity index (χ2v) is 5.01. The fourth-order valence-electron chi connectivity index (χ4n) is 2.44. The number of imidazole rings is 1. The lowest BCUT2D eigenvalue weighted by molar-refractivity contribution is -0.132. The number of rotatable bonds is 4. The van der Waals surface area contributed by atoms with E-state index in [1.54, 1.807) is 6.20 Å². The van der Waals surface area contributed by atoms with Crippen molar-refractivity contribution < 1.29 is 9.53 Å². The van der Waals surface area contributed by atoms with Crippen LogP contribution in [0.1, 0.15) is 18.4 Å². The Kier molecular flexibility index (Phi) is 3.66. The van der Waals surface area contributed by atoms with Crippen LogP contribution in [-0.4, -0.2) is 34.0 Å². The third-order valence-electron chi connectivity index (χ3n) is 3.59. The first kappa shape index (κ1) is 13.1. The highest BCUT2D eigenvalue weighted by molar-refractivity contribution is 5.81. The lowest BCUT2D eigenvalue weighted by Gasteiger charge is -2.12. The molecular formula is C14H18N4O2. The van der Waals surface area contributed by atoms with Gasteiger partial charge in [0.2, 0.25) is 5.91 Å². The number of ether oxygens (including phenoxy) is 1. The van der Waals surface area contributed by atoms with Gasteiger partial charge in [0.15, 0.2) is 0 Å². The topological polar surface area (TPSA) is 81.7 Å². The van der Waals surface area contributed by atoms with E-state index in [1.165, 1.54) is 0 Å². The van der Waals surface area contributed by atoms with Crippen LogP contribution in [0.2, 0.25) is 0 Å². The zero-order valence-electron chi connectivity index (χ0n) is 11.2. The van der Waals surface area contributed by atoms with Crippen LogP contribution in [0.15, 0.2) is 30.7 Å². The average molecular weight is 274 g/mol. The van der Waals surface area contributed by atoms with Crippen LogP contribution in [0.25, 0.3) is 5.65 Å². The van der Waals surface area contributed by atoms with Gasteiger partial charge in [-0.15, -0.1) is 0 Å². The number of hydrogen-bond donors (Lipinski definition) is 2. The van der Waals surface area contributed by atoms with E-state index in [4.69, 9.17) is 10.5 Å². The van der Waals surface area contributed by atoms with Gasteiger partial charge in [0, 0.05) is 31.7 Å². The predicted molar refractivity (Wildman–Crippen MR) is 74.0 cm³/mol. The molecule has 1 aliphatic heterocycles. The minimum absolute atomic E-state index is 0.0204. The number of pyridine rings is 1. The first-order valence-electron chi connectivity index (χ1n) is 6.81. The summed E-state index contributed by atoms with van der Waals surface area (Å²) in [7, 11) is 0. The van der Waals surface area contributed by atoms with Crippen molar-refractivity contribution in [3.05, 3.63) is 36.3 Å². The largest absolute Gasteiger partial charge is 0.364 e. The molecule has 2 atom stereocenters. The number of nitrogens with zero attached hydrogens (tertiary/aromatic N) is 2. The van der Waals surface area contributed by atoms with E-state index >= 15 is 0 Å². The Labute approximate surface area is 116 Å². The Bertz CT molecular complexity index is 610. The molecule has 20 heavy (non-hydrogen) atoms. The minimum Gasteiger partial charge on any atom is -0.364 e. The maximum atomic E-state index is 12.0. The van der Waals surface area contributed by atoms with Gasteiger partial charge in [0.05, 0.1) is 6.10 Å². The van der Waals surface area contributed by atoms with E-state index in [-0.39, 0.29) is 18.1 Å². The summed E-state index contributed by atoms with van der Waals surface area (Å²) in [6.07, 6.45) is 6.82. The normalized spacial score (nSPS) is 22.2. The number of nitrogens with two attached hydrogens (primary N) is 1. The quantitative estimate of drug-likeness (QED) is 0.848. The monoisotopic (exact) mass is 274 g/mol. The maximum absolute atomic E-state index is 12.0. The molecule has 106 valence electrons. The van der Waals surface area contributed by atoms with E-state index in [0.717, 1.165) is 24.1 Å². The molecule has 3 heterocycles. The second kappa shape index (κ2) is 5.60. The molecule has 1 saturated heterocycles. The summed E-state index contributed by atoms with van der Waals surface area (Å²) in [4.78, 5) is 16.2. The zero-order chi connectivity index (χ0) is 13.9. The summed E-state index contributed by atoms with van der Waals surface area (Å²) in [5.41, 5.74) is 7.43. The number of carbonyl (C=O) groups excluding carboxylic acids is 1. The van der Waals surface area contributed by atoms with Crippen LogP contribution in [0.5, 0.6) is 0 Å². The molecule has 2 aromatic heterocycles. The first-order valence-corrected chi connectivity index (χ1v) is 6.81. The molecule has 0 aromatic carbocycles. The predicted octanol–water partition coefficient (Wildman–Crippen LogP) is 0.457. The van der Waals surface area contributed by atoms with Gasteiger partial charge in [0.25, 0.3) is 0 Å². The molecule has 3 N–H and O–H groups in total. The van der Waals surface area contributed by atoms with E-state index in [1.807, 2.05) is 28.9 Å². The van der Waals surface area contributed by atoms with Crippen molar-refractivity contribution in [3.63, 3.8) is 0 Å². The van der Waals surface area contributed by atoms with Gasteiger partial charge in [-0.25, -0.2) is 4.98 Å². The molecule has 6 nitrogen and oxygen atoms in total. The summed E-state index contributed by atoms with van der Waals surface area (Å²) < 4.78 is 7.49. The molecule has 2 aromatic rings. The Balaban J connectivity index is 1.57. The van der Waals surface area contributed by atoms with Gasteiger partial charge in [-0.2, -0.15) is 0 Å². The molecule has 0 aliphatic carbocycles. The number of amides is 1. The van der Waals surface area contributed by atoms with Crippen LogP contribution < -0.4 is 11.1 Å². The number of carbonyl (C=O) groups is 1. The smallest absolute Gasteiger partial charge is 0.249 e. The van der Waals surface area contributed by atoms with E-state index in [9.17, 15) is 4.79 Å². The van der Waals surface area contributed by atoms with Gasteiger partial charge in [-0.1, -0.05) is 0 Å². The van der Waals surface area contributed by atoms with E-state index in [2.05, 4.69) is 10.3 Å². The summed E-state index contributed by atoms with van der Waals surface area (Å²) in [5.74, 6) is -0.0656. The maximum Gasteiger partial charge on any atom is 0.249 e. The summed E-state index contributed by atoms with van der Waals surface area (Å²) in [5, 5.41) is 2.90.